The van der Waals surface area contributed by atoms with E-state index in [0.717, 1.165) is 20.6 Å². The highest BCUT2D eigenvalue weighted by atomic mass is 79.9. The smallest absolute Gasteiger partial charge is 0.328 e. The van der Waals surface area contributed by atoms with Gasteiger partial charge >= 0.3 is 5.97 Å². The number of hydrogen-bond donors (Lipinski definition) is 1. The molecule has 0 aliphatic heterocycles. The Morgan fingerprint density at radius 2 is 2.00 bits per heavy atom. The van der Waals surface area contributed by atoms with Crippen molar-refractivity contribution in [3.05, 3.63) is 37.7 Å². The quantitative estimate of drug-likeness (QED) is 0.653. The largest absolute Gasteiger partial charge is 0.478 e. The minimum absolute atomic E-state index is 0.573. The maximum absolute atomic E-state index is 10.3. The molecule has 74 valence electrons. The third-order valence-corrected chi connectivity index (χ3v) is 3.33. The summed E-state index contributed by atoms with van der Waals surface area (Å²) in [6.45, 7) is 0. The Morgan fingerprint density at radius 3 is 2.57 bits per heavy atom. The summed E-state index contributed by atoms with van der Waals surface area (Å²) in [6, 6.07) is 3.44. The number of halogens is 3. The molecule has 0 amide bonds. The average Bonchev–Trinajstić information content (AvgIpc) is 2.09. The highest BCUT2D eigenvalue weighted by Crippen LogP contribution is 2.30. The lowest BCUT2D eigenvalue weighted by molar-refractivity contribution is -0.131. The van der Waals surface area contributed by atoms with Crippen molar-refractivity contribution in [1.29, 1.82) is 0 Å². The molecular formula is C9H5Br2ClO2. The van der Waals surface area contributed by atoms with Gasteiger partial charge in [-0.3, -0.25) is 0 Å². The molecule has 0 aromatic heterocycles. The monoisotopic (exact) mass is 338 g/mol. The molecule has 1 N–H and O–H groups in total. The first-order valence-corrected chi connectivity index (χ1v) is 5.52. The maximum Gasteiger partial charge on any atom is 0.328 e. The van der Waals surface area contributed by atoms with E-state index in [1.807, 2.05) is 0 Å². The van der Waals surface area contributed by atoms with Crippen molar-refractivity contribution in [3.63, 3.8) is 0 Å². The molecule has 5 heteroatoms. The van der Waals surface area contributed by atoms with Crippen molar-refractivity contribution in [2.75, 3.05) is 0 Å². The Balaban J connectivity index is 3.10. The summed E-state index contributed by atoms with van der Waals surface area (Å²) in [7, 11) is 0. The summed E-state index contributed by atoms with van der Waals surface area (Å²) in [5.74, 6) is -0.983. The zero-order chi connectivity index (χ0) is 10.7. The van der Waals surface area contributed by atoms with Gasteiger partial charge in [-0.2, -0.15) is 0 Å². The van der Waals surface area contributed by atoms with Crippen LogP contribution in [-0.2, 0) is 4.79 Å². The molecule has 0 saturated carbocycles. The first kappa shape index (κ1) is 11.8. The van der Waals surface area contributed by atoms with E-state index in [2.05, 4.69) is 31.9 Å². The number of carboxylic acids is 1. The van der Waals surface area contributed by atoms with E-state index in [9.17, 15) is 4.79 Å². The predicted octanol–water partition coefficient (Wildman–Crippen LogP) is 3.96. The molecule has 1 aromatic rings. The lowest BCUT2D eigenvalue weighted by Crippen LogP contribution is -1.86. The number of carboxylic acid groups (broad SMARTS) is 1. The van der Waals surface area contributed by atoms with Crippen LogP contribution < -0.4 is 0 Å². The van der Waals surface area contributed by atoms with Crippen molar-refractivity contribution in [2.24, 2.45) is 0 Å². The zero-order valence-electron chi connectivity index (χ0n) is 6.80. The fraction of sp³-hybridized carbons (Fsp3) is 0. The standard InChI is InChI=1S/C9H5Br2ClO2/c10-6-4-8(12)7(11)3-5(6)1-2-9(13)14/h1-4H,(H,13,14)/b2-1+. The van der Waals surface area contributed by atoms with Crippen molar-refractivity contribution >= 4 is 55.5 Å². The summed E-state index contributed by atoms with van der Waals surface area (Å²) < 4.78 is 1.48. The Hall–Kier alpha value is -0.320. The van der Waals surface area contributed by atoms with E-state index >= 15 is 0 Å². The van der Waals surface area contributed by atoms with Gasteiger partial charge in [0.2, 0.25) is 0 Å². The van der Waals surface area contributed by atoms with Crippen molar-refractivity contribution in [1.82, 2.24) is 0 Å². The van der Waals surface area contributed by atoms with Crippen molar-refractivity contribution in [2.45, 2.75) is 0 Å². The first-order chi connectivity index (χ1) is 6.50. The molecule has 1 rings (SSSR count). The van der Waals surface area contributed by atoms with Gasteiger partial charge in [0.1, 0.15) is 0 Å². The summed E-state index contributed by atoms with van der Waals surface area (Å²) in [5.41, 5.74) is 0.753. The van der Waals surface area contributed by atoms with E-state index < -0.39 is 5.97 Å². The molecular weight excluding hydrogens is 335 g/mol. The van der Waals surface area contributed by atoms with E-state index in [-0.39, 0.29) is 0 Å². The molecule has 0 bridgehead atoms. The summed E-state index contributed by atoms with van der Waals surface area (Å²) in [4.78, 5) is 10.3. The molecule has 0 spiro atoms. The number of aliphatic carboxylic acids is 1. The van der Waals surface area contributed by atoms with Crippen LogP contribution in [0, 0.1) is 0 Å². The highest BCUT2D eigenvalue weighted by Gasteiger charge is 2.02. The number of rotatable bonds is 2. The van der Waals surface area contributed by atoms with Gasteiger partial charge in [-0.1, -0.05) is 27.5 Å². The van der Waals surface area contributed by atoms with Crippen LogP contribution in [0.5, 0.6) is 0 Å². The molecule has 0 unspecified atom stereocenters. The highest BCUT2D eigenvalue weighted by molar-refractivity contribution is 9.11. The molecule has 0 aliphatic rings. The van der Waals surface area contributed by atoms with Gasteiger partial charge in [0.05, 0.1) is 5.02 Å². The topological polar surface area (TPSA) is 37.3 Å². The average molecular weight is 340 g/mol. The van der Waals surface area contributed by atoms with Crippen LogP contribution >= 0.6 is 43.5 Å². The van der Waals surface area contributed by atoms with Gasteiger partial charge in [-0.05, 0) is 39.7 Å². The number of hydrogen-bond acceptors (Lipinski definition) is 1. The Kier molecular flexibility index (Phi) is 4.16. The fourth-order valence-corrected chi connectivity index (χ4v) is 1.96. The third-order valence-electron chi connectivity index (χ3n) is 1.45. The Labute approximate surface area is 103 Å². The predicted molar refractivity (Wildman–Crippen MR) is 63.5 cm³/mol. The second-order valence-corrected chi connectivity index (χ2v) is 4.58. The van der Waals surface area contributed by atoms with Gasteiger partial charge in [-0.25, -0.2) is 4.79 Å². The minimum Gasteiger partial charge on any atom is -0.478 e. The van der Waals surface area contributed by atoms with Crippen LogP contribution in [-0.4, -0.2) is 11.1 Å². The van der Waals surface area contributed by atoms with Gasteiger partial charge in [0, 0.05) is 15.0 Å². The van der Waals surface area contributed by atoms with E-state index in [1.54, 1.807) is 12.1 Å². The molecule has 0 radical (unpaired) electrons. The molecule has 2 nitrogen and oxygen atoms in total. The van der Waals surface area contributed by atoms with Gasteiger partial charge in [0.25, 0.3) is 0 Å². The van der Waals surface area contributed by atoms with Crippen LogP contribution in [0.15, 0.2) is 27.2 Å². The van der Waals surface area contributed by atoms with Crippen LogP contribution in [0.25, 0.3) is 6.08 Å². The second-order valence-electron chi connectivity index (χ2n) is 2.46. The Morgan fingerprint density at radius 1 is 1.36 bits per heavy atom. The molecule has 0 saturated heterocycles. The van der Waals surface area contributed by atoms with Crippen LogP contribution in [0.2, 0.25) is 5.02 Å². The molecule has 14 heavy (non-hydrogen) atoms. The second kappa shape index (κ2) is 4.96. The SMILES string of the molecule is O=C(O)/C=C/c1cc(Br)c(Cl)cc1Br. The normalized spacial score (nSPS) is 10.8. The van der Waals surface area contributed by atoms with Crippen LogP contribution in [0.1, 0.15) is 5.56 Å². The zero-order valence-corrected chi connectivity index (χ0v) is 10.7. The van der Waals surface area contributed by atoms with Gasteiger partial charge in [0.15, 0.2) is 0 Å². The fourth-order valence-electron chi connectivity index (χ4n) is 0.827. The summed E-state index contributed by atoms with van der Waals surface area (Å²) in [6.07, 6.45) is 2.56. The van der Waals surface area contributed by atoms with Crippen LogP contribution in [0.4, 0.5) is 0 Å². The van der Waals surface area contributed by atoms with E-state index in [1.165, 1.54) is 6.08 Å². The van der Waals surface area contributed by atoms with Crippen molar-refractivity contribution in [3.8, 4) is 0 Å². The molecule has 0 atom stereocenters. The molecule has 0 fully saturated rings. The van der Waals surface area contributed by atoms with Crippen molar-refractivity contribution < 1.29 is 9.90 Å². The molecule has 1 aromatic carbocycles. The number of benzene rings is 1. The van der Waals surface area contributed by atoms with E-state index in [0.29, 0.717) is 5.02 Å². The lowest BCUT2D eigenvalue weighted by atomic mass is 10.2. The summed E-state index contributed by atoms with van der Waals surface area (Å²) in [5, 5.41) is 9.02. The number of carbonyl (C=O) groups is 1. The molecule has 0 aliphatic carbocycles. The van der Waals surface area contributed by atoms with Gasteiger partial charge < -0.3 is 5.11 Å². The third kappa shape index (κ3) is 3.12. The minimum atomic E-state index is -0.983. The lowest BCUT2D eigenvalue weighted by Gasteiger charge is -2.01. The maximum atomic E-state index is 10.3. The van der Waals surface area contributed by atoms with Crippen LogP contribution in [0.3, 0.4) is 0 Å². The molecule has 0 heterocycles. The van der Waals surface area contributed by atoms with Gasteiger partial charge in [-0.15, -0.1) is 0 Å². The first-order valence-electron chi connectivity index (χ1n) is 3.56. The Bertz CT molecular complexity index is 402. The summed E-state index contributed by atoms with van der Waals surface area (Å²) >= 11 is 12.4. The van der Waals surface area contributed by atoms with E-state index in [4.69, 9.17) is 16.7 Å².